The van der Waals surface area contributed by atoms with E-state index in [0.717, 1.165) is 48.5 Å². The molecule has 0 atom stereocenters. The van der Waals surface area contributed by atoms with E-state index < -0.39 is 0 Å². The maximum atomic E-state index is 4.57. The molecule has 0 aromatic carbocycles. The first-order valence-corrected chi connectivity index (χ1v) is 7.16. The first-order chi connectivity index (χ1) is 9.21. The minimum absolute atomic E-state index is 0.408. The van der Waals surface area contributed by atoms with Crippen molar-refractivity contribution in [3.8, 4) is 0 Å². The van der Waals surface area contributed by atoms with Crippen molar-refractivity contribution in [1.29, 1.82) is 0 Å². The van der Waals surface area contributed by atoms with Gasteiger partial charge in [0.25, 0.3) is 0 Å². The van der Waals surface area contributed by atoms with Gasteiger partial charge in [-0.05, 0) is 26.2 Å². The standard InChI is InChI=1S/C14H23N5/c1-5-8-15-13-12-9-16-19(11(6-2)7-3)14(12)18-10(4)17-13/h9,11H,5-8H2,1-4H3,(H,15,17,18). The maximum absolute atomic E-state index is 4.57. The summed E-state index contributed by atoms with van der Waals surface area (Å²) in [5.74, 6) is 1.69. The van der Waals surface area contributed by atoms with E-state index in [2.05, 4.69) is 41.2 Å². The summed E-state index contributed by atoms with van der Waals surface area (Å²) in [7, 11) is 0. The number of rotatable bonds is 6. The topological polar surface area (TPSA) is 55.6 Å². The average Bonchev–Trinajstić information content (AvgIpc) is 2.81. The van der Waals surface area contributed by atoms with Gasteiger partial charge < -0.3 is 5.32 Å². The van der Waals surface area contributed by atoms with Crippen LogP contribution >= 0.6 is 0 Å². The number of aromatic nitrogens is 4. The molecule has 2 aromatic rings. The molecule has 0 unspecified atom stereocenters. The SMILES string of the molecule is CCCNc1nc(C)nc2c1cnn2C(CC)CC. The Labute approximate surface area is 114 Å². The van der Waals surface area contributed by atoms with E-state index >= 15 is 0 Å². The number of hydrogen-bond donors (Lipinski definition) is 1. The van der Waals surface area contributed by atoms with E-state index in [-0.39, 0.29) is 0 Å². The van der Waals surface area contributed by atoms with Crippen molar-refractivity contribution in [3.05, 3.63) is 12.0 Å². The van der Waals surface area contributed by atoms with Crippen LogP contribution in [0.4, 0.5) is 5.82 Å². The molecule has 104 valence electrons. The quantitative estimate of drug-likeness (QED) is 0.866. The van der Waals surface area contributed by atoms with Crippen LogP contribution in [-0.2, 0) is 0 Å². The fourth-order valence-corrected chi connectivity index (χ4v) is 2.31. The van der Waals surface area contributed by atoms with Crippen molar-refractivity contribution in [2.75, 3.05) is 11.9 Å². The first-order valence-electron chi connectivity index (χ1n) is 7.16. The molecule has 1 N–H and O–H groups in total. The Bertz CT molecular complexity index is 542. The van der Waals surface area contributed by atoms with Crippen molar-refractivity contribution in [2.24, 2.45) is 0 Å². The third-order valence-corrected chi connectivity index (χ3v) is 3.40. The second-order valence-corrected chi connectivity index (χ2v) is 4.84. The Hall–Kier alpha value is -1.65. The Morgan fingerprint density at radius 2 is 1.95 bits per heavy atom. The van der Waals surface area contributed by atoms with Crippen molar-refractivity contribution < 1.29 is 0 Å². The second-order valence-electron chi connectivity index (χ2n) is 4.84. The van der Waals surface area contributed by atoms with Gasteiger partial charge in [-0.1, -0.05) is 20.8 Å². The van der Waals surface area contributed by atoms with Gasteiger partial charge in [0.1, 0.15) is 11.6 Å². The Morgan fingerprint density at radius 1 is 1.21 bits per heavy atom. The molecule has 0 aliphatic rings. The predicted octanol–water partition coefficient (Wildman–Crippen LogP) is 3.32. The summed E-state index contributed by atoms with van der Waals surface area (Å²) in [6, 6.07) is 0.408. The number of nitrogens with zero attached hydrogens (tertiary/aromatic N) is 4. The summed E-state index contributed by atoms with van der Waals surface area (Å²) >= 11 is 0. The average molecular weight is 261 g/mol. The zero-order valence-corrected chi connectivity index (χ0v) is 12.3. The van der Waals surface area contributed by atoms with E-state index in [1.165, 1.54) is 0 Å². The molecule has 19 heavy (non-hydrogen) atoms. The minimum atomic E-state index is 0.408. The molecule has 0 radical (unpaired) electrons. The van der Waals surface area contributed by atoms with E-state index in [4.69, 9.17) is 0 Å². The predicted molar refractivity (Wildman–Crippen MR) is 78.5 cm³/mol. The Kier molecular flexibility index (Phi) is 4.35. The van der Waals surface area contributed by atoms with Crippen molar-refractivity contribution >= 4 is 16.9 Å². The monoisotopic (exact) mass is 261 g/mol. The number of aryl methyl sites for hydroxylation is 1. The molecular weight excluding hydrogens is 238 g/mol. The van der Waals surface area contributed by atoms with Crippen LogP contribution in [0.25, 0.3) is 11.0 Å². The molecule has 0 spiro atoms. The highest BCUT2D eigenvalue weighted by atomic mass is 15.3. The third-order valence-electron chi connectivity index (χ3n) is 3.40. The molecule has 0 aliphatic carbocycles. The zero-order valence-electron chi connectivity index (χ0n) is 12.3. The van der Waals surface area contributed by atoms with Gasteiger partial charge in [0.05, 0.1) is 17.6 Å². The molecule has 0 fully saturated rings. The molecule has 2 heterocycles. The molecule has 2 aromatic heterocycles. The van der Waals surface area contributed by atoms with Gasteiger partial charge in [-0.3, -0.25) is 0 Å². The molecular formula is C14H23N5. The van der Waals surface area contributed by atoms with Crippen molar-refractivity contribution in [3.63, 3.8) is 0 Å². The summed E-state index contributed by atoms with van der Waals surface area (Å²) in [5, 5.41) is 8.90. The van der Waals surface area contributed by atoms with Crippen LogP contribution in [0.1, 0.15) is 51.9 Å². The normalized spacial score (nSPS) is 11.4. The fraction of sp³-hybridized carbons (Fsp3) is 0.643. The molecule has 5 heteroatoms. The lowest BCUT2D eigenvalue weighted by Gasteiger charge is -2.14. The van der Waals surface area contributed by atoms with Crippen LogP contribution < -0.4 is 5.32 Å². The second kappa shape index (κ2) is 5.99. The number of nitrogens with one attached hydrogen (secondary N) is 1. The highest BCUT2D eigenvalue weighted by molar-refractivity contribution is 5.86. The number of fused-ring (bicyclic) bond motifs is 1. The van der Waals surface area contributed by atoms with Gasteiger partial charge in [0, 0.05) is 6.54 Å². The third kappa shape index (κ3) is 2.69. The molecule has 0 saturated carbocycles. The van der Waals surface area contributed by atoms with Gasteiger partial charge >= 0.3 is 0 Å². The maximum Gasteiger partial charge on any atom is 0.163 e. The molecule has 0 saturated heterocycles. The molecule has 5 nitrogen and oxygen atoms in total. The van der Waals surface area contributed by atoms with Crippen LogP contribution in [0.2, 0.25) is 0 Å². The van der Waals surface area contributed by atoms with Crippen LogP contribution in [0.3, 0.4) is 0 Å². The molecule has 2 rings (SSSR count). The summed E-state index contributed by atoms with van der Waals surface area (Å²) in [6.45, 7) is 9.37. The number of hydrogen-bond acceptors (Lipinski definition) is 4. The molecule has 0 bridgehead atoms. The van der Waals surface area contributed by atoms with Crippen LogP contribution in [0.15, 0.2) is 6.20 Å². The highest BCUT2D eigenvalue weighted by Gasteiger charge is 2.15. The van der Waals surface area contributed by atoms with E-state index in [9.17, 15) is 0 Å². The summed E-state index contributed by atoms with van der Waals surface area (Å²) in [4.78, 5) is 9.06. The van der Waals surface area contributed by atoms with Gasteiger partial charge in [-0.2, -0.15) is 5.10 Å². The fourth-order valence-electron chi connectivity index (χ4n) is 2.31. The molecule has 0 amide bonds. The lowest BCUT2D eigenvalue weighted by molar-refractivity contribution is 0.438. The Balaban J connectivity index is 2.50. The van der Waals surface area contributed by atoms with Gasteiger partial charge in [0.15, 0.2) is 5.65 Å². The minimum Gasteiger partial charge on any atom is -0.369 e. The van der Waals surface area contributed by atoms with E-state index in [1.807, 2.05) is 17.8 Å². The summed E-state index contributed by atoms with van der Waals surface area (Å²) in [5.41, 5.74) is 0.944. The summed E-state index contributed by atoms with van der Waals surface area (Å²) < 4.78 is 2.04. The first kappa shape index (κ1) is 13.8. The summed E-state index contributed by atoms with van der Waals surface area (Å²) in [6.07, 6.45) is 5.08. The lowest BCUT2D eigenvalue weighted by Crippen LogP contribution is -2.10. The van der Waals surface area contributed by atoms with Crippen LogP contribution in [0.5, 0.6) is 0 Å². The van der Waals surface area contributed by atoms with Crippen LogP contribution in [0, 0.1) is 6.92 Å². The van der Waals surface area contributed by atoms with E-state index in [0.29, 0.717) is 6.04 Å². The molecule has 0 aliphatic heterocycles. The largest absolute Gasteiger partial charge is 0.369 e. The zero-order chi connectivity index (χ0) is 13.8. The highest BCUT2D eigenvalue weighted by Crippen LogP contribution is 2.25. The van der Waals surface area contributed by atoms with Crippen molar-refractivity contribution in [1.82, 2.24) is 19.7 Å². The number of anilines is 1. The van der Waals surface area contributed by atoms with Gasteiger partial charge in [0.2, 0.25) is 0 Å². The van der Waals surface area contributed by atoms with Crippen LogP contribution in [-0.4, -0.2) is 26.3 Å². The van der Waals surface area contributed by atoms with Gasteiger partial charge in [-0.25, -0.2) is 14.6 Å². The smallest absolute Gasteiger partial charge is 0.163 e. The Morgan fingerprint density at radius 3 is 2.58 bits per heavy atom. The van der Waals surface area contributed by atoms with Crippen molar-refractivity contribution in [2.45, 2.75) is 53.0 Å². The van der Waals surface area contributed by atoms with E-state index in [1.54, 1.807) is 0 Å². The lowest BCUT2D eigenvalue weighted by atomic mass is 10.2. The van der Waals surface area contributed by atoms with Gasteiger partial charge in [-0.15, -0.1) is 0 Å².